The number of alkyl halides is 3. The largest absolute Gasteiger partial charge is 0.289 e. The Balaban J connectivity index is 2.51. The Morgan fingerprint density at radius 1 is 0.810 bits per heavy atom. The molecule has 0 saturated carbocycles. The van der Waals surface area contributed by atoms with Crippen LogP contribution in [-0.2, 0) is 4.79 Å². The second kappa shape index (κ2) is 6.67. The quantitative estimate of drug-likeness (QED) is 0.577. The number of hydrogen-bond acceptors (Lipinski definition) is 1. The van der Waals surface area contributed by atoms with Crippen LogP contribution >= 0.6 is 42.7 Å². The van der Waals surface area contributed by atoms with Gasteiger partial charge in [-0.25, -0.2) is 0 Å². The first-order chi connectivity index (χ1) is 9.79. The van der Waals surface area contributed by atoms with Crippen molar-refractivity contribution in [3.8, 4) is 0 Å². The molecule has 0 aliphatic rings. The van der Waals surface area contributed by atoms with Gasteiger partial charge in [0, 0.05) is 7.92 Å². The van der Waals surface area contributed by atoms with Crippen molar-refractivity contribution in [1.82, 2.24) is 0 Å². The number of aryl methyl sites for hydroxylation is 2. The van der Waals surface area contributed by atoms with Crippen LogP contribution in [0.15, 0.2) is 48.5 Å². The highest BCUT2D eigenvalue weighted by molar-refractivity contribution is 7.88. The van der Waals surface area contributed by atoms with Crippen molar-refractivity contribution in [2.24, 2.45) is 0 Å². The summed E-state index contributed by atoms with van der Waals surface area (Å²) in [5.41, 5.74) is 1.87. The molecule has 0 N–H and O–H groups in total. The molecule has 5 heteroatoms. The zero-order chi connectivity index (χ0) is 15.6. The van der Waals surface area contributed by atoms with Gasteiger partial charge in [-0.2, -0.15) is 0 Å². The van der Waals surface area contributed by atoms with Crippen LogP contribution in [0.2, 0.25) is 0 Å². The fourth-order valence-corrected chi connectivity index (χ4v) is 4.57. The zero-order valence-corrected chi connectivity index (χ0v) is 14.8. The Bertz CT molecular complexity index is 585. The molecule has 0 aliphatic heterocycles. The van der Waals surface area contributed by atoms with E-state index >= 15 is 0 Å². The minimum atomic E-state index is -1.92. The molecule has 110 valence electrons. The highest BCUT2D eigenvalue weighted by Crippen LogP contribution is 2.45. The summed E-state index contributed by atoms with van der Waals surface area (Å²) in [4.78, 5) is 12.6. The average Bonchev–Trinajstić information content (AvgIpc) is 2.42. The minimum absolute atomic E-state index is 0.379. The van der Waals surface area contributed by atoms with Crippen molar-refractivity contribution in [3.05, 3.63) is 59.7 Å². The van der Waals surface area contributed by atoms with Gasteiger partial charge in [-0.3, -0.25) is 4.79 Å². The molecule has 2 rings (SSSR count). The first kappa shape index (κ1) is 16.8. The molecule has 21 heavy (non-hydrogen) atoms. The van der Waals surface area contributed by atoms with E-state index in [-0.39, 0.29) is 5.52 Å². The van der Waals surface area contributed by atoms with Gasteiger partial charge in [-0.1, -0.05) is 94.5 Å². The Hall–Kier alpha value is -0.590. The van der Waals surface area contributed by atoms with E-state index in [1.54, 1.807) is 0 Å². The summed E-state index contributed by atoms with van der Waals surface area (Å²) in [6.45, 7) is 3.99. The van der Waals surface area contributed by atoms with E-state index in [9.17, 15) is 4.79 Å². The lowest BCUT2D eigenvalue weighted by atomic mass is 10.2. The fraction of sp³-hybridized carbons (Fsp3) is 0.188. The van der Waals surface area contributed by atoms with Gasteiger partial charge in [0.2, 0.25) is 5.52 Å². The number of benzene rings is 2. The summed E-state index contributed by atoms with van der Waals surface area (Å²) in [5, 5.41) is 1.77. The molecule has 0 radical (unpaired) electrons. The molecule has 2 aromatic rings. The lowest BCUT2D eigenvalue weighted by molar-refractivity contribution is -0.110. The number of hydrogen-bond donors (Lipinski definition) is 0. The van der Waals surface area contributed by atoms with E-state index in [1.807, 2.05) is 62.4 Å². The van der Waals surface area contributed by atoms with E-state index < -0.39 is 11.7 Å². The number of carbonyl (C=O) groups excluding carboxylic acids is 1. The zero-order valence-electron chi connectivity index (χ0n) is 11.6. The van der Waals surface area contributed by atoms with Crippen LogP contribution < -0.4 is 10.6 Å². The molecule has 0 atom stereocenters. The van der Waals surface area contributed by atoms with E-state index in [2.05, 4.69) is 0 Å². The van der Waals surface area contributed by atoms with Gasteiger partial charge < -0.3 is 0 Å². The normalized spacial score (nSPS) is 11.7. The summed E-state index contributed by atoms with van der Waals surface area (Å²) in [6, 6.07) is 15.6. The van der Waals surface area contributed by atoms with Gasteiger partial charge in [0.05, 0.1) is 0 Å². The fourth-order valence-electron chi connectivity index (χ4n) is 1.90. The SMILES string of the molecule is Cc1ccc(P(C(=O)C(Cl)(Cl)Cl)c2ccc(C)cc2)cc1. The molecule has 0 aromatic heterocycles. The van der Waals surface area contributed by atoms with Crippen LogP contribution in [0.5, 0.6) is 0 Å². The summed E-state index contributed by atoms with van der Waals surface area (Å²) >= 11 is 17.5. The van der Waals surface area contributed by atoms with E-state index in [0.717, 1.165) is 21.7 Å². The molecule has 0 aliphatic carbocycles. The number of rotatable bonds is 3. The Labute approximate surface area is 141 Å². The van der Waals surface area contributed by atoms with Crippen LogP contribution in [0.25, 0.3) is 0 Å². The monoisotopic (exact) mass is 358 g/mol. The van der Waals surface area contributed by atoms with Crippen LogP contribution in [0, 0.1) is 13.8 Å². The summed E-state index contributed by atoms with van der Waals surface area (Å²) < 4.78 is -1.92. The van der Waals surface area contributed by atoms with Crippen molar-refractivity contribution in [1.29, 1.82) is 0 Å². The average molecular weight is 360 g/mol. The van der Waals surface area contributed by atoms with E-state index in [4.69, 9.17) is 34.8 Å². The molecule has 0 spiro atoms. The maximum absolute atomic E-state index is 12.6. The van der Waals surface area contributed by atoms with Gasteiger partial charge in [0.15, 0.2) is 0 Å². The van der Waals surface area contributed by atoms with Crippen LogP contribution in [-0.4, -0.2) is 9.32 Å². The molecular formula is C16H14Cl3OP. The minimum Gasteiger partial charge on any atom is -0.289 e. The lowest BCUT2D eigenvalue weighted by Crippen LogP contribution is -2.26. The third-order valence-corrected chi connectivity index (χ3v) is 6.31. The topological polar surface area (TPSA) is 17.1 Å². The van der Waals surface area contributed by atoms with Crippen molar-refractivity contribution in [3.63, 3.8) is 0 Å². The molecule has 0 bridgehead atoms. The summed E-state index contributed by atoms with van der Waals surface area (Å²) in [6.07, 6.45) is 0. The first-order valence-electron chi connectivity index (χ1n) is 6.33. The number of carbonyl (C=O) groups is 1. The Morgan fingerprint density at radius 2 is 1.14 bits per heavy atom. The molecule has 0 heterocycles. The molecule has 1 nitrogen and oxygen atoms in total. The van der Waals surface area contributed by atoms with Gasteiger partial charge >= 0.3 is 0 Å². The third kappa shape index (κ3) is 4.20. The number of halogens is 3. The molecule has 0 saturated heterocycles. The second-order valence-corrected chi connectivity index (χ2v) is 9.20. The summed E-state index contributed by atoms with van der Waals surface area (Å²) in [7, 11) is -1.36. The van der Waals surface area contributed by atoms with Crippen molar-refractivity contribution >= 4 is 58.9 Å². The van der Waals surface area contributed by atoms with Gasteiger partial charge in [-0.15, -0.1) is 0 Å². The first-order valence-corrected chi connectivity index (χ1v) is 8.81. The molecule has 2 aromatic carbocycles. The van der Waals surface area contributed by atoms with Crippen molar-refractivity contribution in [2.75, 3.05) is 0 Å². The van der Waals surface area contributed by atoms with Gasteiger partial charge in [0.25, 0.3) is 3.79 Å². The second-order valence-electron chi connectivity index (χ2n) is 4.81. The van der Waals surface area contributed by atoms with Crippen molar-refractivity contribution in [2.45, 2.75) is 17.6 Å². The highest BCUT2D eigenvalue weighted by Gasteiger charge is 2.38. The summed E-state index contributed by atoms with van der Waals surface area (Å²) in [5.74, 6) is 0. The van der Waals surface area contributed by atoms with E-state index in [1.165, 1.54) is 0 Å². The predicted molar refractivity (Wildman–Crippen MR) is 93.8 cm³/mol. The predicted octanol–water partition coefficient (Wildman–Crippen LogP) is 4.63. The molecule has 0 unspecified atom stereocenters. The van der Waals surface area contributed by atoms with E-state index in [0.29, 0.717) is 0 Å². The lowest BCUT2D eigenvalue weighted by Gasteiger charge is -2.21. The van der Waals surface area contributed by atoms with Crippen LogP contribution in [0.1, 0.15) is 11.1 Å². The highest BCUT2D eigenvalue weighted by atomic mass is 35.6. The van der Waals surface area contributed by atoms with Crippen molar-refractivity contribution < 1.29 is 4.79 Å². The smallest absolute Gasteiger partial charge is 0.253 e. The Morgan fingerprint density at radius 3 is 1.43 bits per heavy atom. The van der Waals surface area contributed by atoms with Gasteiger partial charge in [-0.05, 0) is 24.5 Å². The Kier molecular flexibility index (Phi) is 5.33. The molecular weight excluding hydrogens is 346 g/mol. The molecule has 0 amide bonds. The standard InChI is InChI=1S/C16H14Cl3OP/c1-11-3-7-13(8-4-11)21(15(20)16(17,18)19)14-9-5-12(2)6-10-14/h3-10H,1-2H3. The maximum atomic E-state index is 12.6. The van der Waals surface area contributed by atoms with Gasteiger partial charge in [0.1, 0.15) is 0 Å². The van der Waals surface area contributed by atoms with Crippen LogP contribution in [0.3, 0.4) is 0 Å². The third-order valence-electron chi connectivity index (χ3n) is 3.03. The molecule has 0 fully saturated rings. The van der Waals surface area contributed by atoms with Crippen LogP contribution in [0.4, 0.5) is 0 Å². The maximum Gasteiger partial charge on any atom is 0.253 e.